The van der Waals surface area contributed by atoms with Gasteiger partial charge in [0.25, 0.3) is 0 Å². The standard InChI is InChI=1S/C12H20N4O/c1-9(2)7-15-12(13)16-8-10-4-5-14-11(6-10)17-3/h4-6,9H,7-8H2,1-3H3,(H3,13,15,16). The molecule has 0 saturated carbocycles. The van der Waals surface area contributed by atoms with Crippen LogP contribution in [0.15, 0.2) is 23.3 Å². The maximum absolute atomic E-state index is 5.73. The highest BCUT2D eigenvalue weighted by atomic mass is 16.5. The van der Waals surface area contributed by atoms with E-state index in [9.17, 15) is 0 Å². The van der Waals surface area contributed by atoms with E-state index in [4.69, 9.17) is 10.5 Å². The number of nitrogens with two attached hydrogens (primary N) is 1. The molecule has 0 aliphatic carbocycles. The van der Waals surface area contributed by atoms with Crippen molar-refractivity contribution < 1.29 is 4.74 Å². The predicted molar refractivity (Wildman–Crippen MR) is 69.0 cm³/mol. The normalized spacial score (nSPS) is 11.6. The molecule has 0 saturated heterocycles. The van der Waals surface area contributed by atoms with E-state index in [0.29, 0.717) is 24.3 Å². The molecule has 0 fully saturated rings. The lowest BCUT2D eigenvalue weighted by atomic mass is 10.2. The van der Waals surface area contributed by atoms with Crippen molar-refractivity contribution in [3.05, 3.63) is 23.9 Å². The van der Waals surface area contributed by atoms with Crippen molar-refractivity contribution in [1.82, 2.24) is 10.3 Å². The van der Waals surface area contributed by atoms with Gasteiger partial charge in [-0.15, -0.1) is 0 Å². The molecule has 0 bridgehead atoms. The SMILES string of the molecule is COc1cc(CN=C(N)NCC(C)C)ccn1. The Morgan fingerprint density at radius 3 is 3.00 bits per heavy atom. The number of hydrogen-bond acceptors (Lipinski definition) is 3. The van der Waals surface area contributed by atoms with Crippen LogP contribution < -0.4 is 15.8 Å². The molecule has 0 unspecified atom stereocenters. The van der Waals surface area contributed by atoms with Crippen LogP contribution in [0.2, 0.25) is 0 Å². The summed E-state index contributed by atoms with van der Waals surface area (Å²) in [5, 5.41) is 3.06. The van der Waals surface area contributed by atoms with Crippen molar-refractivity contribution in [3.63, 3.8) is 0 Å². The highest BCUT2D eigenvalue weighted by molar-refractivity contribution is 5.77. The molecular formula is C12H20N4O. The van der Waals surface area contributed by atoms with E-state index in [1.165, 1.54) is 0 Å². The van der Waals surface area contributed by atoms with Crippen LogP contribution in [0.1, 0.15) is 19.4 Å². The number of nitrogens with one attached hydrogen (secondary N) is 1. The zero-order valence-corrected chi connectivity index (χ0v) is 10.6. The number of nitrogens with zero attached hydrogens (tertiary/aromatic N) is 2. The molecule has 1 aromatic heterocycles. The number of methoxy groups -OCH3 is 1. The van der Waals surface area contributed by atoms with Gasteiger partial charge in [0.05, 0.1) is 13.7 Å². The Kier molecular flexibility index (Phi) is 5.26. The molecule has 5 nitrogen and oxygen atoms in total. The van der Waals surface area contributed by atoms with E-state index in [1.807, 2.05) is 12.1 Å². The minimum absolute atomic E-state index is 0.467. The van der Waals surface area contributed by atoms with E-state index < -0.39 is 0 Å². The number of pyridine rings is 1. The molecule has 0 amide bonds. The summed E-state index contributed by atoms with van der Waals surface area (Å²) in [4.78, 5) is 8.27. The maximum atomic E-state index is 5.73. The van der Waals surface area contributed by atoms with Gasteiger partial charge in [-0.3, -0.25) is 0 Å². The second-order valence-corrected chi connectivity index (χ2v) is 4.18. The Morgan fingerprint density at radius 1 is 1.59 bits per heavy atom. The third kappa shape index (κ3) is 5.19. The molecule has 0 spiro atoms. The Labute approximate surface area is 102 Å². The molecule has 3 N–H and O–H groups in total. The molecule has 5 heteroatoms. The fourth-order valence-corrected chi connectivity index (χ4v) is 1.20. The van der Waals surface area contributed by atoms with Crippen LogP contribution in [0.3, 0.4) is 0 Å². The third-order valence-electron chi connectivity index (χ3n) is 2.13. The number of aromatic nitrogens is 1. The van der Waals surface area contributed by atoms with E-state index in [-0.39, 0.29) is 0 Å². The van der Waals surface area contributed by atoms with Gasteiger partial charge in [0, 0.05) is 18.8 Å². The highest BCUT2D eigenvalue weighted by Gasteiger charge is 1.98. The molecule has 1 heterocycles. The summed E-state index contributed by atoms with van der Waals surface area (Å²) in [5.74, 6) is 1.60. The van der Waals surface area contributed by atoms with Gasteiger partial charge in [-0.1, -0.05) is 13.8 Å². The lowest BCUT2D eigenvalue weighted by Gasteiger charge is -2.07. The van der Waals surface area contributed by atoms with E-state index in [2.05, 4.69) is 29.1 Å². The van der Waals surface area contributed by atoms with E-state index >= 15 is 0 Å². The fourth-order valence-electron chi connectivity index (χ4n) is 1.20. The van der Waals surface area contributed by atoms with E-state index in [0.717, 1.165) is 12.1 Å². The molecular weight excluding hydrogens is 216 g/mol. The second kappa shape index (κ2) is 6.73. The van der Waals surface area contributed by atoms with Crippen LogP contribution in [0.25, 0.3) is 0 Å². The largest absolute Gasteiger partial charge is 0.481 e. The lowest BCUT2D eigenvalue weighted by Crippen LogP contribution is -2.34. The van der Waals surface area contributed by atoms with Crippen LogP contribution in [0.4, 0.5) is 0 Å². The van der Waals surface area contributed by atoms with Crippen molar-refractivity contribution in [2.75, 3.05) is 13.7 Å². The average Bonchev–Trinajstić information content (AvgIpc) is 2.34. The predicted octanol–water partition coefficient (Wildman–Crippen LogP) is 1.15. The van der Waals surface area contributed by atoms with E-state index in [1.54, 1.807) is 13.3 Å². The molecule has 1 rings (SSSR count). The summed E-state index contributed by atoms with van der Waals surface area (Å²) >= 11 is 0. The molecule has 0 aliphatic rings. The summed E-state index contributed by atoms with van der Waals surface area (Å²) in [6.07, 6.45) is 1.70. The fraction of sp³-hybridized carbons (Fsp3) is 0.500. The molecule has 0 radical (unpaired) electrons. The number of guanidine groups is 1. The van der Waals surface area contributed by atoms with Gasteiger partial charge in [0.1, 0.15) is 0 Å². The summed E-state index contributed by atoms with van der Waals surface area (Å²) in [7, 11) is 1.59. The van der Waals surface area contributed by atoms with Crippen LogP contribution in [-0.4, -0.2) is 24.6 Å². The van der Waals surface area contributed by atoms with Gasteiger partial charge in [-0.05, 0) is 17.5 Å². The summed E-state index contributed by atoms with van der Waals surface area (Å²) < 4.78 is 5.03. The molecule has 17 heavy (non-hydrogen) atoms. The minimum atomic E-state index is 0.467. The Morgan fingerprint density at radius 2 is 2.35 bits per heavy atom. The topological polar surface area (TPSA) is 72.5 Å². The first-order chi connectivity index (χ1) is 8.11. The number of rotatable bonds is 5. The molecule has 1 aromatic rings. The van der Waals surface area contributed by atoms with Gasteiger partial charge in [0.15, 0.2) is 5.96 Å². The van der Waals surface area contributed by atoms with Crippen LogP contribution in [0.5, 0.6) is 5.88 Å². The quantitative estimate of drug-likeness (QED) is 0.594. The Bertz CT molecular complexity index is 377. The van der Waals surface area contributed by atoms with Gasteiger partial charge >= 0.3 is 0 Å². The van der Waals surface area contributed by atoms with Gasteiger partial charge in [0.2, 0.25) is 5.88 Å². The van der Waals surface area contributed by atoms with Gasteiger partial charge < -0.3 is 15.8 Å². The smallest absolute Gasteiger partial charge is 0.213 e. The van der Waals surface area contributed by atoms with Crippen molar-refractivity contribution in [1.29, 1.82) is 0 Å². The third-order valence-corrected chi connectivity index (χ3v) is 2.13. The molecule has 0 aliphatic heterocycles. The second-order valence-electron chi connectivity index (χ2n) is 4.18. The molecule has 0 atom stereocenters. The van der Waals surface area contributed by atoms with Crippen molar-refractivity contribution >= 4 is 5.96 Å². The first-order valence-electron chi connectivity index (χ1n) is 5.64. The Balaban J connectivity index is 2.50. The average molecular weight is 236 g/mol. The highest BCUT2D eigenvalue weighted by Crippen LogP contribution is 2.09. The summed E-state index contributed by atoms with van der Waals surface area (Å²) in [5.41, 5.74) is 6.75. The monoisotopic (exact) mass is 236 g/mol. The van der Waals surface area contributed by atoms with Crippen LogP contribution in [0, 0.1) is 5.92 Å². The zero-order valence-electron chi connectivity index (χ0n) is 10.6. The molecule has 0 aromatic carbocycles. The number of ether oxygens (including phenoxy) is 1. The Hall–Kier alpha value is -1.78. The van der Waals surface area contributed by atoms with Crippen LogP contribution in [-0.2, 0) is 6.54 Å². The van der Waals surface area contributed by atoms with Gasteiger partial charge in [-0.2, -0.15) is 0 Å². The first-order valence-corrected chi connectivity index (χ1v) is 5.64. The zero-order chi connectivity index (χ0) is 12.7. The summed E-state index contributed by atoms with van der Waals surface area (Å²) in [6, 6.07) is 3.74. The van der Waals surface area contributed by atoms with Gasteiger partial charge in [-0.25, -0.2) is 9.98 Å². The first kappa shape index (κ1) is 13.3. The number of hydrogen-bond donors (Lipinski definition) is 2. The minimum Gasteiger partial charge on any atom is -0.481 e. The summed E-state index contributed by atoms with van der Waals surface area (Å²) in [6.45, 7) is 5.59. The van der Waals surface area contributed by atoms with Crippen molar-refractivity contribution in [2.45, 2.75) is 20.4 Å². The maximum Gasteiger partial charge on any atom is 0.213 e. The molecule has 94 valence electrons. The lowest BCUT2D eigenvalue weighted by molar-refractivity contribution is 0.397. The van der Waals surface area contributed by atoms with Crippen LogP contribution >= 0.6 is 0 Å². The number of aliphatic imine (C=N–C) groups is 1. The van der Waals surface area contributed by atoms with Crippen molar-refractivity contribution in [2.24, 2.45) is 16.6 Å². The van der Waals surface area contributed by atoms with Crippen molar-refractivity contribution in [3.8, 4) is 5.88 Å².